The molecule has 1 rings (SSSR count). The largest absolute Gasteiger partial charge is 0.399 e. The fraction of sp³-hybridized carbons (Fsp3) is 0.462. The maximum Gasteiger partial charge on any atom is 0.233 e. The second-order valence-electron chi connectivity index (χ2n) is 5.19. The number of nitrogens with one attached hydrogen (secondary N) is 1. The lowest BCUT2D eigenvalue weighted by Gasteiger charge is -2.23. The summed E-state index contributed by atoms with van der Waals surface area (Å²) >= 11 is 7.51. The number of hydrogen-bond acceptors (Lipinski definition) is 3. The molecule has 1 amide bonds. The molecule has 1 aromatic rings. The first-order valence-corrected chi connectivity index (χ1v) is 6.98. The highest BCUT2D eigenvalue weighted by Gasteiger charge is 2.20. The Hall–Kier alpha value is -0.870. The number of hydrogen-bond donors (Lipinski definition) is 2. The van der Waals surface area contributed by atoms with Crippen LogP contribution in [0.1, 0.15) is 27.7 Å². The molecule has 0 aliphatic carbocycles. The molecule has 1 unspecified atom stereocenters. The third-order valence-electron chi connectivity index (χ3n) is 2.13. The van der Waals surface area contributed by atoms with Gasteiger partial charge in [-0.15, -0.1) is 11.8 Å². The quantitative estimate of drug-likeness (QED) is 0.662. The number of anilines is 1. The lowest BCUT2D eigenvalue weighted by molar-refractivity contribution is -0.121. The Morgan fingerprint density at radius 1 is 1.44 bits per heavy atom. The number of nitrogens with two attached hydrogens (primary N) is 1. The zero-order valence-corrected chi connectivity index (χ0v) is 12.7. The van der Waals surface area contributed by atoms with Crippen molar-refractivity contribution in [3.63, 3.8) is 0 Å². The minimum atomic E-state index is -0.225. The summed E-state index contributed by atoms with van der Waals surface area (Å²) in [5.74, 6) is 0.000363. The average molecular weight is 287 g/mol. The Morgan fingerprint density at radius 2 is 2.06 bits per heavy atom. The highest BCUT2D eigenvalue weighted by atomic mass is 35.5. The number of nitrogen functional groups attached to an aromatic ring is 1. The molecule has 18 heavy (non-hydrogen) atoms. The van der Waals surface area contributed by atoms with Crippen LogP contribution in [0.25, 0.3) is 0 Å². The molecule has 0 aliphatic rings. The molecule has 1 atom stereocenters. The number of carbonyl (C=O) groups is 1. The molecule has 0 saturated heterocycles. The normalized spacial score (nSPS) is 13.2. The standard InChI is InChI=1S/C13H19ClN2OS/c1-8(12(17)16-13(2,3)4)18-11-6-5-9(15)7-10(11)14/h5-8H,15H2,1-4H3,(H,16,17). The van der Waals surface area contributed by atoms with Crippen molar-refractivity contribution in [3.05, 3.63) is 23.2 Å². The summed E-state index contributed by atoms with van der Waals surface area (Å²) in [4.78, 5) is 12.8. The monoisotopic (exact) mass is 286 g/mol. The van der Waals surface area contributed by atoms with E-state index in [0.717, 1.165) is 4.90 Å². The van der Waals surface area contributed by atoms with E-state index in [1.54, 1.807) is 12.1 Å². The van der Waals surface area contributed by atoms with E-state index in [0.29, 0.717) is 10.7 Å². The van der Waals surface area contributed by atoms with Gasteiger partial charge in [-0.25, -0.2) is 0 Å². The summed E-state index contributed by atoms with van der Waals surface area (Å²) < 4.78 is 0. The fourth-order valence-electron chi connectivity index (χ4n) is 1.33. The Bertz CT molecular complexity index is 443. The Balaban J connectivity index is 2.69. The van der Waals surface area contributed by atoms with Gasteiger partial charge in [-0.05, 0) is 45.9 Å². The summed E-state index contributed by atoms with van der Waals surface area (Å²) in [7, 11) is 0. The van der Waals surface area contributed by atoms with Gasteiger partial charge < -0.3 is 11.1 Å². The number of thioether (sulfide) groups is 1. The van der Waals surface area contributed by atoms with E-state index in [1.807, 2.05) is 33.8 Å². The lowest BCUT2D eigenvalue weighted by atomic mass is 10.1. The van der Waals surface area contributed by atoms with Gasteiger partial charge in [-0.3, -0.25) is 4.79 Å². The second-order valence-corrected chi connectivity index (χ2v) is 6.98. The number of carbonyl (C=O) groups excluding carboxylic acids is 1. The van der Waals surface area contributed by atoms with E-state index in [2.05, 4.69) is 5.32 Å². The van der Waals surface area contributed by atoms with Gasteiger partial charge in [0.05, 0.1) is 10.3 Å². The first-order chi connectivity index (χ1) is 8.19. The average Bonchev–Trinajstić information content (AvgIpc) is 2.19. The molecule has 0 bridgehead atoms. The predicted molar refractivity (Wildman–Crippen MR) is 79.1 cm³/mol. The van der Waals surface area contributed by atoms with Crippen molar-refractivity contribution in [3.8, 4) is 0 Å². The highest BCUT2D eigenvalue weighted by Crippen LogP contribution is 2.31. The van der Waals surface area contributed by atoms with Crippen molar-refractivity contribution in [2.24, 2.45) is 0 Å². The number of halogens is 1. The fourth-order valence-corrected chi connectivity index (χ4v) is 2.52. The van der Waals surface area contributed by atoms with Gasteiger partial charge >= 0.3 is 0 Å². The van der Waals surface area contributed by atoms with Crippen LogP contribution in [0.3, 0.4) is 0 Å². The third-order valence-corrected chi connectivity index (χ3v) is 3.73. The van der Waals surface area contributed by atoms with Crippen molar-refractivity contribution in [1.82, 2.24) is 5.32 Å². The van der Waals surface area contributed by atoms with E-state index in [4.69, 9.17) is 17.3 Å². The van der Waals surface area contributed by atoms with Gasteiger partial charge in [-0.1, -0.05) is 11.6 Å². The second kappa shape index (κ2) is 5.85. The van der Waals surface area contributed by atoms with Gasteiger partial charge in [0, 0.05) is 16.1 Å². The molecule has 0 heterocycles. The van der Waals surface area contributed by atoms with Crippen molar-refractivity contribution in [2.75, 3.05) is 5.73 Å². The van der Waals surface area contributed by atoms with Gasteiger partial charge in [0.25, 0.3) is 0 Å². The number of benzene rings is 1. The van der Waals surface area contributed by atoms with Crippen molar-refractivity contribution in [1.29, 1.82) is 0 Å². The van der Waals surface area contributed by atoms with Gasteiger partial charge in [0.2, 0.25) is 5.91 Å². The van der Waals surface area contributed by atoms with Crippen LogP contribution in [0, 0.1) is 0 Å². The van der Waals surface area contributed by atoms with Crippen LogP contribution < -0.4 is 11.1 Å². The molecule has 3 nitrogen and oxygen atoms in total. The first kappa shape index (κ1) is 15.2. The molecule has 0 radical (unpaired) electrons. The van der Waals surface area contributed by atoms with E-state index >= 15 is 0 Å². The van der Waals surface area contributed by atoms with Crippen molar-refractivity contribution < 1.29 is 4.79 Å². The molecule has 0 spiro atoms. The molecular formula is C13H19ClN2OS. The summed E-state index contributed by atoms with van der Waals surface area (Å²) in [5, 5.41) is 3.32. The zero-order valence-electron chi connectivity index (χ0n) is 11.1. The SMILES string of the molecule is CC(Sc1ccc(N)cc1Cl)C(=O)NC(C)(C)C. The summed E-state index contributed by atoms with van der Waals surface area (Å²) in [5.41, 5.74) is 6.02. The summed E-state index contributed by atoms with van der Waals surface area (Å²) in [6.07, 6.45) is 0. The number of amides is 1. The smallest absolute Gasteiger partial charge is 0.233 e. The molecule has 0 aliphatic heterocycles. The van der Waals surface area contributed by atoms with Crippen LogP contribution in [0.5, 0.6) is 0 Å². The molecule has 0 aromatic heterocycles. The highest BCUT2D eigenvalue weighted by molar-refractivity contribution is 8.00. The van der Waals surface area contributed by atoms with Gasteiger partial charge in [-0.2, -0.15) is 0 Å². The summed E-state index contributed by atoms with van der Waals surface area (Å²) in [6, 6.07) is 5.31. The van der Waals surface area contributed by atoms with Gasteiger partial charge in [0.15, 0.2) is 0 Å². The van der Waals surface area contributed by atoms with Crippen LogP contribution in [0.2, 0.25) is 5.02 Å². The van der Waals surface area contributed by atoms with Crippen LogP contribution in [-0.4, -0.2) is 16.7 Å². The van der Waals surface area contributed by atoms with E-state index < -0.39 is 0 Å². The van der Waals surface area contributed by atoms with E-state index in [1.165, 1.54) is 11.8 Å². The molecule has 0 saturated carbocycles. The van der Waals surface area contributed by atoms with Crippen LogP contribution in [0.4, 0.5) is 5.69 Å². The minimum Gasteiger partial charge on any atom is -0.399 e. The maximum absolute atomic E-state index is 11.9. The van der Waals surface area contributed by atoms with Gasteiger partial charge in [0.1, 0.15) is 0 Å². The molecule has 1 aromatic carbocycles. The summed E-state index contributed by atoms with van der Waals surface area (Å²) in [6.45, 7) is 7.73. The third kappa shape index (κ3) is 4.78. The zero-order chi connectivity index (χ0) is 13.9. The van der Waals surface area contributed by atoms with E-state index in [9.17, 15) is 4.79 Å². The molecule has 5 heteroatoms. The molecule has 100 valence electrons. The predicted octanol–water partition coefficient (Wildman–Crippen LogP) is 3.32. The topological polar surface area (TPSA) is 55.1 Å². The Morgan fingerprint density at radius 3 is 2.56 bits per heavy atom. The van der Waals surface area contributed by atoms with Crippen LogP contribution in [-0.2, 0) is 4.79 Å². The molecule has 0 fully saturated rings. The molecular weight excluding hydrogens is 268 g/mol. The minimum absolute atomic E-state index is 0.000363. The van der Waals surface area contributed by atoms with Crippen molar-refractivity contribution >= 4 is 35.0 Å². The lowest BCUT2D eigenvalue weighted by Crippen LogP contribution is -2.44. The Labute approximate surface area is 117 Å². The molecule has 3 N–H and O–H groups in total. The van der Waals surface area contributed by atoms with E-state index in [-0.39, 0.29) is 16.7 Å². The number of rotatable bonds is 3. The van der Waals surface area contributed by atoms with Crippen molar-refractivity contribution in [2.45, 2.75) is 43.4 Å². The maximum atomic E-state index is 11.9. The Kier molecular flexibility index (Phi) is 4.93. The van der Waals surface area contributed by atoms with Crippen LogP contribution in [0.15, 0.2) is 23.1 Å². The van der Waals surface area contributed by atoms with Crippen LogP contribution >= 0.6 is 23.4 Å². The first-order valence-electron chi connectivity index (χ1n) is 5.73.